The van der Waals surface area contributed by atoms with E-state index in [0.29, 0.717) is 5.92 Å². The van der Waals surface area contributed by atoms with Crippen molar-refractivity contribution in [3.05, 3.63) is 29.8 Å². The van der Waals surface area contributed by atoms with Gasteiger partial charge in [0.25, 0.3) is 0 Å². The molecule has 1 aliphatic heterocycles. The van der Waals surface area contributed by atoms with E-state index >= 15 is 0 Å². The Morgan fingerprint density at radius 1 is 1.50 bits per heavy atom. The van der Waals surface area contributed by atoms with Gasteiger partial charge in [-0.1, -0.05) is 32.0 Å². The third kappa shape index (κ3) is 1.90. The Morgan fingerprint density at radius 2 is 2.25 bits per heavy atom. The number of para-hydroxylation sites is 1. The first-order valence-corrected chi connectivity index (χ1v) is 5.88. The molecule has 0 fully saturated rings. The van der Waals surface area contributed by atoms with Crippen molar-refractivity contribution in [1.82, 2.24) is 5.32 Å². The van der Waals surface area contributed by atoms with Crippen LogP contribution >= 0.6 is 0 Å². The Kier molecular flexibility index (Phi) is 3.13. The van der Waals surface area contributed by atoms with Crippen molar-refractivity contribution in [1.29, 1.82) is 0 Å². The van der Waals surface area contributed by atoms with Gasteiger partial charge in [0, 0.05) is 24.7 Å². The highest BCUT2D eigenvalue weighted by Crippen LogP contribution is 2.35. The number of carbonyl (C=O) groups excluding carboxylic acids is 1. The van der Waals surface area contributed by atoms with Crippen LogP contribution in [0.3, 0.4) is 0 Å². The lowest BCUT2D eigenvalue weighted by Crippen LogP contribution is -2.39. The van der Waals surface area contributed by atoms with E-state index in [4.69, 9.17) is 0 Å². The van der Waals surface area contributed by atoms with E-state index in [-0.39, 0.29) is 6.03 Å². The van der Waals surface area contributed by atoms with Crippen molar-refractivity contribution in [3.8, 4) is 0 Å². The highest BCUT2D eigenvalue weighted by molar-refractivity contribution is 5.94. The first kappa shape index (κ1) is 11.0. The molecule has 2 amide bonds. The molecule has 1 aromatic carbocycles. The summed E-state index contributed by atoms with van der Waals surface area (Å²) < 4.78 is 0. The highest BCUT2D eigenvalue weighted by atomic mass is 16.2. The number of fused-ring (bicyclic) bond motifs is 1. The Balaban J connectivity index is 2.17. The van der Waals surface area contributed by atoms with E-state index in [1.165, 1.54) is 5.56 Å². The van der Waals surface area contributed by atoms with Crippen LogP contribution in [0.5, 0.6) is 0 Å². The van der Waals surface area contributed by atoms with Crippen LogP contribution in [0.25, 0.3) is 0 Å². The monoisotopic (exact) mass is 218 g/mol. The molecule has 0 spiro atoms. The van der Waals surface area contributed by atoms with Gasteiger partial charge >= 0.3 is 6.03 Å². The quantitative estimate of drug-likeness (QED) is 0.813. The summed E-state index contributed by atoms with van der Waals surface area (Å²) in [6, 6.07) is 8.16. The largest absolute Gasteiger partial charge is 0.338 e. The number of amides is 2. The molecule has 0 aromatic heterocycles. The first-order valence-electron chi connectivity index (χ1n) is 5.88. The Bertz CT molecular complexity index is 389. The zero-order valence-corrected chi connectivity index (χ0v) is 9.86. The van der Waals surface area contributed by atoms with Crippen LogP contribution in [0, 0.1) is 0 Å². The Labute approximate surface area is 96.5 Å². The van der Waals surface area contributed by atoms with Crippen LogP contribution < -0.4 is 10.2 Å². The number of rotatable bonds is 2. The van der Waals surface area contributed by atoms with Gasteiger partial charge in [-0.2, -0.15) is 0 Å². The summed E-state index contributed by atoms with van der Waals surface area (Å²) in [5, 5.41) is 2.92. The summed E-state index contributed by atoms with van der Waals surface area (Å²) in [7, 11) is 0. The third-order valence-corrected chi connectivity index (χ3v) is 2.99. The topological polar surface area (TPSA) is 32.3 Å². The molecule has 1 atom stereocenters. The van der Waals surface area contributed by atoms with Gasteiger partial charge < -0.3 is 5.32 Å². The summed E-state index contributed by atoms with van der Waals surface area (Å²) in [5.74, 6) is 0.434. The number of hydrogen-bond donors (Lipinski definition) is 1. The van der Waals surface area contributed by atoms with E-state index < -0.39 is 0 Å². The summed E-state index contributed by atoms with van der Waals surface area (Å²) in [4.78, 5) is 13.8. The van der Waals surface area contributed by atoms with Gasteiger partial charge in [0.15, 0.2) is 0 Å². The molecule has 0 bridgehead atoms. The van der Waals surface area contributed by atoms with Crippen LogP contribution in [0.2, 0.25) is 0 Å². The first-order chi connectivity index (χ1) is 7.74. The van der Waals surface area contributed by atoms with Crippen LogP contribution in [0.1, 0.15) is 31.7 Å². The molecule has 1 heterocycles. The number of carbonyl (C=O) groups is 1. The van der Waals surface area contributed by atoms with Gasteiger partial charge in [0.2, 0.25) is 0 Å². The van der Waals surface area contributed by atoms with E-state index in [1.54, 1.807) is 0 Å². The van der Waals surface area contributed by atoms with Crippen molar-refractivity contribution >= 4 is 11.7 Å². The van der Waals surface area contributed by atoms with Gasteiger partial charge in [-0.05, 0) is 18.1 Å². The van der Waals surface area contributed by atoms with Crippen LogP contribution in [0.4, 0.5) is 10.5 Å². The fourth-order valence-electron chi connectivity index (χ4n) is 2.14. The zero-order chi connectivity index (χ0) is 11.5. The smallest absolute Gasteiger partial charge is 0.321 e. The normalized spacial score (nSPS) is 18.4. The second-order valence-electron chi connectivity index (χ2n) is 4.30. The predicted molar refractivity (Wildman–Crippen MR) is 65.9 cm³/mol. The maximum absolute atomic E-state index is 11.9. The fraction of sp³-hybridized carbons (Fsp3) is 0.462. The Morgan fingerprint density at radius 3 is 3.00 bits per heavy atom. The summed E-state index contributed by atoms with van der Waals surface area (Å²) in [5.41, 5.74) is 2.33. The molecule has 0 saturated carbocycles. The third-order valence-electron chi connectivity index (χ3n) is 2.99. The highest BCUT2D eigenvalue weighted by Gasteiger charge is 2.28. The SMILES string of the molecule is CCCNC(=O)N1CC(C)c2ccccc21. The molecule has 1 aliphatic rings. The molecule has 1 N–H and O–H groups in total. The van der Waals surface area contributed by atoms with E-state index in [0.717, 1.165) is 25.2 Å². The standard InChI is InChI=1S/C13H18N2O/c1-3-8-14-13(16)15-9-10(2)11-6-4-5-7-12(11)15/h4-7,10H,3,8-9H2,1-2H3,(H,14,16). The lowest BCUT2D eigenvalue weighted by atomic mass is 10.0. The van der Waals surface area contributed by atoms with Gasteiger partial charge in [-0.15, -0.1) is 0 Å². The van der Waals surface area contributed by atoms with Crippen molar-refractivity contribution in [2.45, 2.75) is 26.2 Å². The van der Waals surface area contributed by atoms with Crippen LogP contribution in [0.15, 0.2) is 24.3 Å². The van der Waals surface area contributed by atoms with Gasteiger partial charge in [0.05, 0.1) is 0 Å². The molecule has 2 rings (SSSR count). The molecule has 0 aliphatic carbocycles. The second-order valence-corrected chi connectivity index (χ2v) is 4.30. The molecule has 1 unspecified atom stereocenters. The predicted octanol–water partition coefficient (Wildman–Crippen LogP) is 2.73. The average Bonchev–Trinajstić information content (AvgIpc) is 2.65. The number of benzene rings is 1. The summed E-state index contributed by atoms with van der Waals surface area (Å²) >= 11 is 0. The lowest BCUT2D eigenvalue weighted by molar-refractivity contribution is 0.246. The van der Waals surface area contributed by atoms with Crippen molar-refractivity contribution in [2.24, 2.45) is 0 Å². The molecule has 3 heteroatoms. The fourth-order valence-corrected chi connectivity index (χ4v) is 2.14. The Hall–Kier alpha value is -1.51. The summed E-state index contributed by atoms with van der Waals surface area (Å²) in [6.45, 7) is 5.74. The molecular formula is C13H18N2O. The van der Waals surface area contributed by atoms with Gasteiger partial charge in [0.1, 0.15) is 0 Å². The zero-order valence-electron chi connectivity index (χ0n) is 9.86. The van der Waals surface area contributed by atoms with E-state index in [2.05, 4.69) is 25.2 Å². The molecule has 0 saturated heterocycles. The molecule has 0 radical (unpaired) electrons. The second kappa shape index (κ2) is 4.56. The number of hydrogen-bond acceptors (Lipinski definition) is 1. The molecule has 1 aromatic rings. The van der Waals surface area contributed by atoms with Crippen molar-refractivity contribution < 1.29 is 4.79 Å². The maximum atomic E-state index is 11.9. The van der Waals surface area contributed by atoms with Gasteiger partial charge in [-0.3, -0.25) is 4.90 Å². The van der Waals surface area contributed by atoms with Crippen LogP contribution in [-0.2, 0) is 0 Å². The number of anilines is 1. The van der Waals surface area contributed by atoms with E-state index in [1.807, 2.05) is 23.1 Å². The maximum Gasteiger partial charge on any atom is 0.321 e. The van der Waals surface area contributed by atoms with Crippen molar-refractivity contribution in [3.63, 3.8) is 0 Å². The van der Waals surface area contributed by atoms with Gasteiger partial charge in [-0.25, -0.2) is 4.79 Å². The van der Waals surface area contributed by atoms with Crippen LogP contribution in [-0.4, -0.2) is 19.1 Å². The van der Waals surface area contributed by atoms with E-state index in [9.17, 15) is 4.79 Å². The molecule has 16 heavy (non-hydrogen) atoms. The average molecular weight is 218 g/mol. The van der Waals surface area contributed by atoms with Crippen molar-refractivity contribution in [2.75, 3.05) is 18.0 Å². The minimum absolute atomic E-state index is 0.0265. The molecule has 86 valence electrons. The number of nitrogens with one attached hydrogen (secondary N) is 1. The number of urea groups is 1. The number of nitrogens with zero attached hydrogens (tertiary/aromatic N) is 1. The summed E-state index contributed by atoms with van der Waals surface area (Å²) in [6.07, 6.45) is 0.969. The molecular weight excluding hydrogens is 200 g/mol. The lowest BCUT2D eigenvalue weighted by Gasteiger charge is -2.17. The molecule has 3 nitrogen and oxygen atoms in total. The minimum atomic E-state index is 0.0265. The minimum Gasteiger partial charge on any atom is -0.338 e.